The highest BCUT2D eigenvalue weighted by molar-refractivity contribution is 6.27. The highest BCUT2D eigenvalue weighted by Gasteiger charge is 2.13. The lowest BCUT2D eigenvalue weighted by Crippen LogP contribution is -2.34. The van der Waals surface area contributed by atoms with Gasteiger partial charge < -0.3 is 9.73 Å². The Balaban J connectivity index is 1.76. The fourth-order valence-corrected chi connectivity index (χ4v) is 1.93. The number of rotatable bonds is 3. The molecular weight excluding hydrogens is 202 g/mol. The molecule has 1 aliphatic heterocycles. The highest BCUT2D eigenvalue weighted by atomic mass is 35.5. The van der Waals surface area contributed by atoms with Gasteiger partial charge in [0, 0.05) is 12.5 Å². The number of aromatic nitrogens is 2. The van der Waals surface area contributed by atoms with Crippen LogP contribution in [0.3, 0.4) is 0 Å². The second-order valence-electron chi connectivity index (χ2n) is 3.63. The first-order chi connectivity index (χ1) is 6.84. The zero-order valence-corrected chi connectivity index (χ0v) is 8.76. The first-order valence-electron chi connectivity index (χ1n) is 5.06. The first-order valence-corrected chi connectivity index (χ1v) is 5.43. The second kappa shape index (κ2) is 4.75. The van der Waals surface area contributed by atoms with E-state index < -0.39 is 0 Å². The number of hydrogen-bond donors (Lipinski definition) is 1. The molecule has 0 amide bonds. The molecule has 4 nitrogen and oxygen atoms in total. The van der Waals surface area contributed by atoms with Gasteiger partial charge in [-0.05, 0) is 37.4 Å². The summed E-state index contributed by atoms with van der Waals surface area (Å²) in [5.41, 5.74) is 0. The topological polar surface area (TPSA) is 51.0 Å². The van der Waals surface area contributed by atoms with Crippen molar-refractivity contribution in [2.45, 2.75) is 38.1 Å². The first kappa shape index (κ1) is 9.93. The molecule has 0 radical (unpaired) electrons. The Morgan fingerprint density at radius 2 is 2.36 bits per heavy atom. The number of halogens is 1. The Morgan fingerprint density at radius 1 is 1.43 bits per heavy atom. The molecule has 1 aromatic heterocycles. The summed E-state index contributed by atoms with van der Waals surface area (Å²) in [5, 5.41) is 11.0. The Morgan fingerprint density at radius 3 is 3.00 bits per heavy atom. The van der Waals surface area contributed by atoms with Crippen LogP contribution in [0.2, 0.25) is 5.35 Å². The van der Waals surface area contributed by atoms with Gasteiger partial charge in [-0.1, -0.05) is 11.5 Å². The number of aryl methyl sites for hydroxylation is 1. The molecule has 0 spiro atoms. The van der Waals surface area contributed by atoms with E-state index in [0.717, 1.165) is 19.4 Å². The summed E-state index contributed by atoms with van der Waals surface area (Å²) in [7, 11) is 0. The SMILES string of the molecule is Clc1nnc(CCC2CCCCN2)o1. The summed E-state index contributed by atoms with van der Waals surface area (Å²) in [6, 6.07) is 0.606. The molecule has 1 unspecified atom stereocenters. The summed E-state index contributed by atoms with van der Waals surface area (Å²) in [6.45, 7) is 1.13. The maximum absolute atomic E-state index is 5.53. The molecule has 5 heteroatoms. The second-order valence-corrected chi connectivity index (χ2v) is 3.96. The zero-order chi connectivity index (χ0) is 9.80. The van der Waals surface area contributed by atoms with Gasteiger partial charge >= 0.3 is 5.35 Å². The van der Waals surface area contributed by atoms with Gasteiger partial charge in [0.1, 0.15) is 0 Å². The largest absolute Gasteiger partial charge is 0.412 e. The summed E-state index contributed by atoms with van der Waals surface area (Å²) in [6.07, 6.45) is 5.74. The predicted octanol–water partition coefficient (Wildman–Crippen LogP) is 1.80. The molecule has 1 fully saturated rings. The Labute approximate surface area is 88.0 Å². The molecule has 0 aliphatic carbocycles. The van der Waals surface area contributed by atoms with Crippen LogP contribution in [0, 0.1) is 0 Å². The summed E-state index contributed by atoms with van der Waals surface area (Å²) in [4.78, 5) is 0. The van der Waals surface area contributed by atoms with Gasteiger partial charge in [-0.3, -0.25) is 0 Å². The van der Waals surface area contributed by atoms with Crippen LogP contribution in [0.25, 0.3) is 0 Å². The predicted molar refractivity (Wildman–Crippen MR) is 53.3 cm³/mol. The standard InChI is InChI=1S/C9H14ClN3O/c10-9-13-12-8(14-9)5-4-7-3-1-2-6-11-7/h7,11H,1-6H2. The van der Waals surface area contributed by atoms with Crippen molar-refractivity contribution in [3.05, 3.63) is 11.2 Å². The Hall–Kier alpha value is -0.610. The van der Waals surface area contributed by atoms with Crippen LogP contribution in [-0.2, 0) is 6.42 Å². The Bertz CT molecular complexity index is 283. The van der Waals surface area contributed by atoms with Crippen LogP contribution in [0.5, 0.6) is 0 Å². The lowest BCUT2D eigenvalue weighted by molar-refractivity contribution is 0.368. The van der Waals surface area contributed by atoms with E-state index >= 15 is 0 Å². The van der Waals surface area contributed by atoms with Crippen molar-refractivity contribution in [1.29, 1.82) is 0 Å². The fraction of sp³-hybridized carbons (Fsp3) is 0.778. The van der Waals surface area contributed by atoms with Crippen LogP contribution < -0.4 is 5.32 Å². The Kier molecular flexibility index (Phi) is 3.37. The van der Waals surface area contributed by atoms with Crippen molar-refractivity contribution in [3.63, 3.8) is 0 Å². The monoisotopic (exact) mass is 215 g/mol. The minimum absolute atomic E-state index is 0.136. The minimum atomic E-state index is 0.136. The van der Waals surface area contributed by atoms with E-state index in [4.69, 9.17) is 16.0 Å². The summed E-state index contributed by atoms with van der Waals surface area (Å²) >= 11 is 5.53. The molecule has 14 heavy (non-hydrogen) atoms. The van der Waals surface area contributed by atoms with Gasteiger partial charge in [-0.2, -0.15) is 0 Å². The maximum Gasteiger partial charge on any atom is 0.312 e. The molecule has 1 atom stereocenters. The molecule has 2 rings (SSSR count). The normalized spacial score (nSPS) is 22.5. The molecule has 2 heterocycles. The van der Waals surface area contributed by atoms with E-state index in [1.807, 2.05) is 0 Å². The zero-order valence-electron chi connectivity index (χ0n) is 8.00. The van der Waals surface area contributed by atoms with Gasteiger partial charge in [0.2, 0.25) is 5.89 Å². The molecule has 78 valence electrons. The average molecular weight is 216 g/mol. The number of hydrogen-bond acceptors (Lipinski definition) is 4. The van der Waals surface area contributed by atoms with Gasteiger partial charge in [0.05, 0.1) is 0 Å². The summed E-state index contributed by atoms with van der Waals surface area (Å²) < 4.78 is 5.09. The van der Waals surface area contributed by atoms with Crippen molar-refractivity contribution in [2.24, 2.45) is 0 Å². The molecule has 0 aromatic carbocycles. The lowest BCUT2D eigenvalue weighted by atomic mass is 10.0. The van der Waals surface area contributed by atoms with Gasteiger partial charge in [-0.25, -0.2) is 0 Å². The fourth-order valence-electron chi connectivity index (χ4n) is 1.80. The van der Waals surface area contributed by atoms with E-state index in [9.17, 15) is 0 Å². The quantitative estimate of drug-likeness (QED) is 0.836. The van der Waals surface area contributed by atoms with Crippen LogP contribution in [0.4, 0.5) is 0 Å². The maximum atomic E-state index is 5.53. The smallest absolute Gasteiger partial charge is 0.312 e. The third-order valence-electron chi connectivity index (χ3n) is 2.56. The van der Waals surface area contributed by atoms with E-state index in [0.29, 0.717) is 11.9 Å². The van der Waals surface area contributed by atoms with E-state index in [-0.39, 0.29) is 5.35 Å². The molecule has 1 aliphatic rings. The van der Waals surface area contributed by atoms with Gasteiger partial charge in [0.25, 0.3) is 0 Å². The summed E-state index contributed by atoms with van der Waals surface area (Å²) in [5.74, 6) is 0.641. The lowest BCUT2D eigenvalue weighted by Gasteiger charge is -2.22. The van der Waals surface area contributed by atoms with Crippen LogP contribution in [0.15, 0.2) is 4.42 Å². The molecule has 1 aromatic rings. The average Bonchev–Trinajstić information content (AvgIpc) is 2.63. The van der Waals surface area contributed by atoms with Crippen LogP contribution in [-0.4, -0.2) is 22.8 Å². The third-order valence-corrected chi connectivity index (χ3v) is 2.71. The van der Waals surface area contributed by atoms with Gasteiger partial charge in [0.15, 0.2) is 0 Å². The van der Waals surface area contributed by atoms with E-state index in [1.165, 1.54) is 19.3 Å². The molecule has 0 bridgehead atoms. The molecule has 1 saturated heterocycles. The van der Waals surface area contributed by atoms with Crippen molar-refractivity contribution in [3.8, 4) is 0 Å². The molecular formula is C9H14ClN3O. The molecule has 0 saturated carbocycles. The number of piperidine rings is 1. The van der Waals surface area contributed by atoms with Crippen LogP contribution in [0.1, 0.15) is 31.6 Å². The van der Waals surface area contributed by atoms with Crippen molar-refractivity contribution < 1.29 is 4.42 Å². The number of nitrogens with zero attached hydrogens (tertiary/aromatic N) is 2. The van der Waals surface area contributed by atoms with E-state index in [2.05, 4.69) is 15.5 Å². The highest BCUT2D eigenvalue weighted by Crippen LogP contribution is 2.13. The van der Waals surface area contributed by atoms with Gasteiger partial charge in [-0.15, -0.1) is 5.10 Å². The van der Waals surface area contributed by atoms with Crippen molar-refractivity contribution >= 4 is 11.6 Å². The van der Waals surface area contributed by atoms with Crippen LogP contribution >= 0.6 is 11.6 Å². The van der Waals surface area contributed by atoms with E-state index in [1.54, 1.807) is 0 Å². The van der Waals surface area contributed by atoms with Crippen molar-refractivity contribution in [2.75, 3.05) is 6.54 Å². The number of nitrogens with one attached hydrogen (secondary N) is 1. The molecule has 1 N–H and O–H groups in total. The van der Waals surface area contributed by atoms with Crippen molar-refractivity contribution in [1.82, 2.24) is 15.5 Å². The minimum Gasteiger partial charge on any atom is -0.412 e. The third kappa shape index (κ3) is 2.69.